The van der Waals surface area contributed by atoms with E-state index in [0.29, 0.717) is 0 Å². The van der Waals surface area contributed by atoms with E-state index in [1.165, 1.54) is 51.0 Å². The summed E-state index contributed by atoms with van der Waals surface area (Å²) < 4.78 is 5.52. The number of nitrogens with zero attached hydrogens (tertiary/aromatic N) is 2. The summed E-state index contributed by atoms with van der Waals surface area (Å²) in [7, 11) is 0. The second-order valence-electron chi connectivity index (χ2n) is 7.76. The summed E-state index contributed by atoms with van der Waals surface area (Å²) in [6.07, 6.45) is 3.73. The molecule has 3 heteroatoms. The lowest BCUT2D eigenvalue weighted by Gasteiger charge is -2.34. The second-order valence-corrected chi connectivity index (χ2v) is 7.76. The predicted octanol–water partition coefficient (Wildman–Crippen LogP) is 3.15. The monoisotopic (exact) mass is 316 g/mol. The number of benzene rings is 1. The van der Waals surface area contributed by atoms with Gasteiger partial charge in [0.1, 0.15) is 0 Å². The van der Waals surface area contributed by atoms with Crippen molar-refractivity contribution in [3.8, 4) is 0 Å². The third kappa shape index (κ3) is 4.56. The van der Waals surface area contributed by atoms with Crippen molar-refractivity contribution in [2.75, 3.05) is 45.9 Å². The van der Waals surface area contributed by atoms with Crippen LogP contribution in [-0.4, -0.2) is 61.8 Å². The second kappa shape index (κ2) is 7.78. The number of hydrogen-bond donors (Lipinski definition) is 0. The largest absolute Gasteiger partial charge is 0.381 e. The van der Waals surface area contributed by atoms with Gasteiger partial charge >= 0.3 is 0 Å². The molecule has 2 saturated heterocycles. The first-order valence-corrected chi connectivity index (χ1v) is 9.25. The number of ether oxygens (including phenoxy) is 1. The van der Waals surface area contributed by atoms with Crippen molar-refractivity contribution < 1.29 is 4.74 Å². The van der Waals surface area contributed by atoms with Gasteiger partial charge in [-0.1, -0.05) is 44.2 Å². The van der Waals surface area contributed by atoms with Crippen LogP contribution >= 0.6 is 0 Å². The molecule has 0 radical (unpaired) electrons. The van der Waals surface area contributed by atoms with E-state index in [0.717, 1.165) is 25.8 Å². The molecule has 23 heavy (non-hydrogen) atoms. The van der Waals surface area contributed by atoms with E-state index >= 15 is 0 Å². The standard InChI is InChI=1S/C20H32N2O/c1-20(2,18-7-4-3-5-8-18)17-21-11-6-12-22(14-13-21)19-9-15-23-16-10-19/h3-5,7-8,19H,6,9-17H2,1-2H3. The molecule has 2 fully saturated rings. The molecule has 2 heterocycles. The van der Waals surface area contributed by atoms with Crippen molar-refractivity contribution in [1.29, 1.82) is 0 Å². The Balaban J connectivity index is 1.55. The maximum atomic E-state index is 5.52. The van der Waals surface area contributed by atoms with E-state index < -0.39 is 0 Å². The molecular weight excluding hydrogens is 284 g/mol. The van der Waals surface area contributed by atoms with Crippen molar-refractivity contribution in [3.05, 3.63) is 35.9 Å². The molecule has 0 bridgehead atoms. The van der Waals surface area contributed by atoms with Gasteiger partial charge in [-0.05, 0) is 37.9 Å². The Hall–Kier alpha value is -0.900. The summed E-state index contributed by atoms with van der Waals surface area (Å²) in [6, 6.07) is 11.7. The zero-order valence-electron chi connectivity index (χ0n) is 14.8. The van der Waals surface area contributed by atoms with Gasteiger partial charge in [0.05, 0.1) is 0 Å². The Labute approximate surface area is 141 Å². The Morgan fingerprint density at radius 1 is 1.00 bits per heavy atom. The van der Waals surface area contributed by atoms with Crippen LogP contribution in [0.5, 0.6) is 0 Å². The van der Waals surface area contributed by atoms with Crippen molar-refractivity contribution in [1.82, 2.24) is 9.80 Å². The Morgan fingerprint density at radius 3 is 2.48 bits per heavy atom. The molecule has 0 saturated carbocycles. The first-order valence-electron chi connectivity index (χ1n) is 9.25. The fourth-order valence-electron chi connectivity index (χ4n) is 4.10. The van der Waals surface area contributed by atoms with Gasteiger partial charge in [0.2, 0.25) is 0 Å². The summed E-state index contributed by atoms with van der Waals surface area (Å²) in [6.45, 7) is 12.7. The molecule has 1 aromatic rings. The van der Waals surface area contributed by atoms with Crippen LogP contribution in [0.3, 0.4) is 0 Å². The van der Waals surface area contributed by atoms with Crippen LogP contribution < -0.4 is 0 Å². The van der Waals surface area contributed by atoms with Gasteiger partial charge in [-0.25, -0.2) is 0 Å². The Morgan fingerprint density at radius 2 is 1.74 bits per heavy atom. The van der Waals surface area contributed by atoms with Gasteiger partial charge in [-0.2, -0.15) is 0 Å². The van der Waals surface area contributed by atoms with Crippen LogP contribution in [0.4, 0.5) is 0 Å². The fraction of sp³-hybridized carbons (Fsp3) is 0.700. The van der Waals surface area contributed by atoms with E-state index in [1.807, 2.05) is 0 Å². The van der Waals surface area contributed by atoms with Gasteiger partial charge in [-0.3, -0.25) is 4.90 Å². The highest BCUT2D eigenvalue weighted by Gasteiger charge is 2.27. The lowest BCUT2D eigenvalue weighted by Crippen LogP contribution is -2.43. The quantitative estimate of drug-likeness (QED) is 0.849. The third-order valence-electron chi connectivity index (χ3n) is 5.50. The highest BCUT2D eigenvalue weighted by atomic mass is 16.5. The van der Waals surface area contributed by atoms with Crippen LogP contribution in [0, 0.1) is 0 Å². The zero-order chi connectivity index (χ0) is 16.1. The molecule has 1 aromatic carbocycles. The molecule has 0 amide bonds. The van der Waals surface area contributed by atoms with E-state index in [2.05, 4.69) is 54.0 Å². The molecule has 0 spiro atoms. The van der Waals surface area contributed by atoms with Crippen LogP contribution in [0.15, 0.2) is 30.3 Å². The minimum absolute atomic E-state index is 0.217. The van der Waals surface area contributed by atoms with Gasteiger partial charge < -0.3 is 9.64 Å². The fourth-order valence-corrected chi connectivity index (χ4v) is 4.10. The lowest BCUT2D eigenvalue weighted by atomic mass is 9.84. The topological polar surface area (TPSA) is 15.7 Å². The van der Waals surface area contributed by atoms with Crippen molar-refractivity contribution in [2.45, 2.75) is 44.6 Å². The molecule has 0 unspecified atom stereocenters. The molecule has 3 nitrogen and oxygen atoms in total. The average molecular weight is 316 g/mol. The predicted molar refractivity (Wildman–Crippen MR) is 95.9 cm³/mol. The van der Waals surface area contributed by atoms with Crippen molar-refractivity contribution >= 4 is 0 Å². The third-order valence-corrected chi connectivity index (χ3v) is 5.50. The first kappa shape index (κ1) is 16.9. The first-order chi connectivity index (χ1) is 11.1. The molecule has 0 aromatic heterocycles. The van der Waals surface area contributed by atoms with E-state index in [-0.39, 0.29) is 5.41 Å². The SMILES string of the molecule is CC(C)(CN1CCCN(C2CCOCC2)CC1)c1ccccc1. The smallest absolute Gasteiger partial charge is 0.0480 e. The minimum atomic E-state index is 0.217. The Kier molecular flexibility index (Phi) is 5.73. The maximum absolute atomic E-state index is 5.52. The molecule has 128 valence electrons. The summed E-state index contributed by atoms with van der Waals surface area (Å²) >= 11 is 0. The highest BCUT2D eigenvalue weighted by Crippen LogP contribution is 2.25. The van der Waals surface area contributed by atoms with Gasteiger partial charge in [0.15, 0.2) is 0 Å². The molecule has 2 aliphatic heterocycles. The molecule has 2 aliphatic rings. The highest BCUT2D eigenvalue weighted by molar-refractivity contribution is 5.23. The zero-order valence-corrected chi connectivity index (χ0v) is 14.8. The molecule has 0 atom stereocenters. The normalized spacial score (nSPS) is 22.9. The average Bonchev–Trinajstić information content (AvgIpc) is 2.82. The van der Waals surface area contributed by atoms with E-state index in [4.69, 9.17) is 4.74 Å². The molecule has 0 aliphatic carbocycles. The molecule has 3 rings (SSSR count). The van der Waals surface area contributed by atoms with Gasteiger partial charge in [-0.15, -0.1) is 0 Å². The van der Waals surface area contributed by atoms with E-state index in [9.17, 15) is 0 Å². The molecular formula is C20H32N2O. The summed E-state index contributed by atoms with van der Waals surface area (Å²) in [5.74, 6) is 0. The van der Waals surface area contributed by atoms with Crippen molar-refractivity contribution in [2.24, 2.45) is 0 Å². The van der Waals surface area contributed by atoms with Crippen LogP contribution in [0.2, 0.25) is 0 Å². The molecule has 0 N–H and O–H groups in total. The van der Waals surface area contributed by atoms with Crippen LogP contribution in [0.25, 0.3) is 0 Å². The van der Waals surface area contributed by atoms with Gasteiger partial charge in [0.25, 0.3) is 0 Å². The van der Waals surface area contributed by atoms with E-state index in [1.54, 1.807) is 0 Å². The maximum Gasteiger partial charge on any atom is 0.0480 e. The number of rotatable bonds is 4. The Bertz CT molecular complexity index is 468. The van der Waals surface area contributed by atoms with Gasteiger partial charge in [0, 0.05) is 44.3 Å². The van der Waals surface area contributed by atoms with Crippen LogP contribution in [-0.2, 0) is 10.2 Å². The minimum Gasteiger partial charge on any atom is -0.381 e. The lowest BCUT2D eigenvalue weighted by molar-refractivity contribution is 0.0352. The van der Waals surface area contributed by atoms with Crippen molar-refractivity contribution in [3.63, 3.8) is 0 Å². The summed E-state index contributed by atoms with van der Waals surface area (Å²) in [5.41, 5.74) is 1.67. The summed E-state index contributed by atoms with van der Waals surface area (Å²) in [5, 5.41) is 0. The summed E-state index contributed by atoms with van der Waals surface area (Å²) in [4.78, 5) is 5.39. The number of hydrogen-bond acceptors (Lipinski definition) is 3. The van der Waals surface area contributed by atoms with Crippen LogP contribution in [0.1, 0.15) is 38.7 Å².